The van der Waals surface area contributed by atoms with Gasteiger partial charge in [0, 0.05) is 0 Å². The highest BCUT2D eigenvalue weighted by molar-refractivity contribution is 5.79. The van der Waals surface area contributed by atoms with Crippen molar-refractivity contribution in [3.63, 3.8) is 0 Å². The lowest BCUT2D eigenvalue weighted by atomic mass is 10.1. The summed E-state index contributed by atoms with van der Waals surface area (Å²) in [7, 11) is 0. The molecule has 0 unspecified atom stereocenters. The molecule has 0 atom stereocenters. The summed E-state index contributed by atoms with van der Waals surface area (Å²) in [4.78, 5) is 0. The fourth-order valence-corrected chi connectivity index (χ4v) is 2.63. The Morgan fingerprint density at radius 2 is 1.22 bits per heavy atom. The van der Waals surface area contributed by atoms with Gasteiger partial charge >= 0.3 is 6.18 Å². The van der Waals surface area contributed by atoms with E-state index in [2.05, 4.69) is 5.10 Å². The molecule has 3 rings (SSSR count). The van der Waals surface area contributed by atoms with Crippen LogP contribution in [0.1, 0.15) is 22.3 Å². The summed E-state index contributed by atoms with van der Waals surface area (Å²) in [5, 5.41) is 6.38. The zero-order chi connectivity index (χ0) is 19.1. The normalized spacial score (nSPS) is 11.7. The second kappa shape index (κ2) is 8.54. The predicted molar refractivity (Wildman–Crippen MR) is 101 cm³/mol. The summed E-state index contributed by atoms with van der Waals surface area (Å²) >= 11 is 0. The van der Waals surface area contributed by atoms with Crippen molar-refractivity contribution in [2.45, 2.75) is 19.3 Å². The molecule has 2 nitrogen and oxygen atoms in total. The van der Waals surface area contributed by atoms with Crippen molar-refractivity contribution < 1.29 is 13.2 Å². The molecule has 0 N–H and O–H groups in total. The summed E-state index contributed by atoms with van der Waals surface area (Å²) in [6.45, 7) is 0.974. The molecule has 138 valence electrons. The highest BCUT2D eigenvalue weighted by Gasteiger charge is 2.29. The SMILES string of the molecule is FC(F)(F)c1ccc(CN(Cc2ccccc2)N=Cc2ccccc2)cc1. The average molecular weight is 368 g/mol. The average Bonchev–Trinajstić information content (AvgIpc) is 2.67. The summed E-state index contributed by atoms with van der Waals surface area (Å²) in [5.41, 5.74) is 2.16. The van der Waals surface area contributed by atoms with Crippen LogP contribution in [0.4, 0.5) is 13.2 Å². The lowest BCUT2D eigenvalue weighted by Crippen LogP contribution is -2.17. The van der Waals surface area contributed by atoms with Gasteiger partial charge in [-0.2, -0.15) is 18.3 Å². The van der Waals surface area contributed by atoms with E-state index in [9.17, 15) is 13.2 Å². The van der Waals surface area contributed by atoms with Gasteiger partial charge in [0.25, 0.3) is 0 Å². The van der Waals surface area contributed by atoms with E-state index >= 15 is 0 Å². The Kier molecular flexibility index (Phi) is 5.91. The zero-order valence-electron chi connectivity index (χ0n) is 14.6. The van der Waals surface area contributed by atoms with Gasteiger partial charge in [-0.1, -0.05) is 72.8 Å². The highest BCUT2D eigenvalue weighted by Crippen LogP contribution is 2.29. The molecule has 3 aromatic carbocycles. The van der Waals surface area contributed by atoms with Crippen LogP contribution in [-0.2, 0) is 19.3 Å². The van der Waals surface area contributed by atoms with Crippen molar-refractivity contribution in [1.82, 2.24) is 5.01 Å². The Balaban J connectivity index is 1.77. The first-order chi connectivity index (χ1) is 13.0. The molecule has 0 heterocycles. The topological polar surface area (TPSA) is 15.6 Å². The maximum absolute atomic E-state index is 12.7. The Hall–Kier alpha value is -3.08. The Morgan fingerprint density at radius 1 is 0.704 bits per heavy atom. The van der Waals surface area contributed by atoms with Crippen LogP contribution in [0.3, 0.4) is 0 Å². The van der Waals surface area contributed by atoms with E-state index in [1.165, 1.54) is 12.1 Å². The van der Waals surface area contributed by atoms with E-state index in [4.69, 9.17) is 0 Å². The number of hydrogen-bond donors (Lipinski definition) is 0. The number of benzene rings is 3. The lowest BCUT2D eigenvalue weighted by molar-refractivity contribution is -0.137. The van der Waals surface area contributed by atoms with Crippen molar-refractivity contribution in [1.29, 1.82) is 0 Å². The number of alkyl halides is 3. The smallest absolute Gasteiger partial charge is 0.288 e. The molecule has 0 aliphatic carbocycles. The van der Waals surface area contributed by atoms with Gasteiger partial charge in [-0.15, -0.1) is 0 Å². The van der Waals surface area contributed by atoms with E-state index in [-0.39, 0.29) is 0 Å². The van der Waals surface area contributed by atoms with Crippen LogP contribution in [0, 0.1) is 0 Å². The Labute approximate surface area is 156 Å². The maximum atomic E-state index is 12.7. The minimum Gasteiger partial charge on any atom is -0.288 e. The van der Waals surface area contributed by atoms with E-state index in [0.29, 0.717) is 13.1 Å². The van der Waals surface area contributed by atoms with Gasteiger partial charge in [0.1, 0.15) is 0 Å². The van der Waals surface area contributed by atoms with Crippen LogP contribution in [0.2, 0.25) is 0 Å². The molecule has 0 aliphatic heterocycles. The van der Waals surface area contributed by atoms with Crippen molar-refractivity contribution >= 4 is 6.21 Å². The summed E-state index contributed by atoms with van der Waals surface area (Å²) in [6.07, 6.45) is -2.57. The van der Waals surface area contributed by atoms with Crippen LogP contribution in [0.15, 0.2) is 90.0 Å². The summed E-state index contributed by atoms with van der Waals surface area (Å²) in [5.74, 6) is 0. The van der Waals surface area contributed by atoms with Gasteiger partial charge in [0.05, 0.1) is 24.9 Å². The number of halogens is 3. The van der Waals surface area contributed by atoms with E-state index in [1.54, 1.807) is 6.21 Å². The molecule has 0 saturated carbocycles. The molecule has 3 aromatic rings. The molecular weight excluding hydrogens is 349 g/mol. The third-order valence-electron chi connectivity index (χ3n) is 4.02. The Bertz CT molecular complexity index is 858. The highest BCUT2D eigenvalue weighted by atomic mass is 19.4. The number of hydrogen-bond acceptors (Lipinski definition) is 2. The van der Waals surface area contributed by atoms with Crippen LogP contribution in [0.5, 0.6) is 0 Å². The quantitative estimate of drug-likeness (QED) is 0.400. The molecule has 0 radical (unpaired) electrons. The molecular formula is C22H19F3N2. The third-order valence-corrected chi connectivity index (χ3v) is 4.02. The van der Waals surface area contributed by atoms with Crippen molar-refractivity contribution in [3.8, 4) is 0 Å². The second-order valence-corrected chi connectivity index (χ2v) is 6.16. The monoisotopic (exact) mass is 368 g/mol. The Morgan fingerprint density at radius 3 is 1.78 bits per heavy atom. The minimum absolute atomic E-state index is 0.413. The van der Waals surface area contributed by atoms with Crippen molar-refractivity contribution in [2.75, 3.05) is 0 Å². The fraction of sp³-hybridized carbons (Fsp3) is 0.136. The first kappa shape index (κ1) is 18.7. The molecule has 0 aliphatic rings. The van der Waals surface area contributed by atoms with E-state index in [0.717, 1.165) is 28.8 Å². The van der Waals surface area contributed by atoms with Crippen LogP contribution < -0.4 is 0 Å². The molecule has 27 heavy (non-hydrogen) atoms. The summed E-state index contributed by atoms with van der Waals surface area (Å²) < 4.78 is 38.2. The zero-order valence-corrected chi connectivity index (χ0v) is 14.6. The number of nitrogens with zero attached hydrogens (tertiary/aromatic N) is 2. The largest absolute Gasteiger partial charge is 0.416 e. The lowest BCUT2D eigenvalue weighted by Gasteiger charge is -2.20. The van der Waals surface area contributed by atoms with Crippen LogP contribution >= 0.6 is 0 Å². The minimum atomic E-state index is -4.33. The first-order valence-corrected chi connectivity index (χ1v) is 8.55. The van der Waals surface area contributed by atoms with Crippen molar-refractivity contribution in [3.05, 3.63) is 107 Å². The van der Waals surface area contributed by atoms with Gasteiger partial charge in [-0.25, -0.2) is 0 Å². The van der Waals surface area contributed by atoms with Gasteiger partial charge in [0.2, 0.25) is 0 Å². The van der Waals surface area contributed by atoms with E-state index in [1.807, 2.05) is 65.7 Å². The van der Waals surface area contributed by atoms with Gasteiger partial charge in [-0.3, -0.25) is 5.01 Å². The second-order valence-electron chi connectivity index (χ2n) is 6.16. The molecule has 0 aromatic heterocycles. The molecule has 0 amide bonds. The van der Waals surface area contributed by atoms with E-state index < -0.39 is 11.7 Å². The van der Waals surface area contributed by atoms with Crippen LogP contribution in [-0.4, -0.2) is 11.2 Å². The molecule has 0 bridgehead atoms. The summed E-state index contributed by atoms with van der Waals surface area (Å²) in [6, 6.07) is 24.7. The maximum Gasteiger partial charge on any atom is 0.416 e. The van der Waals surface area contributed by atoms with Gasteiger partial charge in [-0.05, 0) is 28.8 Å². The number of hydrazone groups is 1. The molecule has 0 saturated heterocycles. The van der Waals surface area contributed by atoms with Crippen LogP contribution in [0.25, 0.3) is 0 Å². The number of rotatable bonds is 6. The fourth-order valence-electron chi connectivity index (χ4n) is 2.63. The predicted octanol–water partition coefficient (Wildman–Crippen LogP) is 5.74. The van der Waals surface area contributed by atoms with Crippen molar-refractivity contribution in [2.24, 2.45) is 5.10 Å². The first-order valence-electron chi connectivity index (χ1n) is 8.55. The third kappa shape index (κ3) is 5.71. The standard InChI is InChI=1S/C22H19F3N2/c23-22(24,25)21-13-11-20(12-14-21)17-27(16-19-9-5-2-6-10-19)26-15-18-7-3-1-4-8-18/h1-15H,16-17H2. The molecule has 0 fully saturated rings. The van der Waals surface area contributed by atoms with Gasteiger partial charge < -0.3 is 0 Å². The molecule has 5 heteroatoms. The van der Waals surface area contributed by atoms with Gasteiger partial charge in [0.15, 0.2) is 0 Å². The molecule has 0 spiro atoms.